The third kappa shape index (κ3) is 5.44. The number of carbonyl (C=O) groups is 1. The van der Waals surface area contributed by atoms with Crippen molar-refractivity contribution in [3.05, 3.63) is 12.4 Å². The van der Waals surface area contributed by atoms with E-state index in [1.165, 1.54) is 0 Å². The molecule has 0 N–H and O–H groups in total. The average Bonchev–Trinajstić information content (AvgIpc) is 1.80. The molecule has 0 aliphatic carbocycles. The highest BCUT2D eigenvalue weighted by atomic mass is 19.3. The molecule has 0 heterocycles. The number of ether oxygens (including phenoxy) is 1. The maximum atomic E-state index is 11.9. The van der Waals surface area contributed by atoms with E-state index in [0.717, 1.165) is 0 Å². The number of halogens is 3. The monoisotopic (exact) mass is 168 g/mol. The van der Waals surface area contributed by atoms with Crippen LogP contribution < -0.4 is 0 Å². The lowest BCUT2D eigenvalue weighted by molar-refractivity contribution is -0.150. The molecule has 0 saturated heterocycles. The molecule has 0 aliphatic heterocycles. The van der Waals surface area contributed by atoms with Gasteiger partial charge in [-0.05, 0) is 0 Å². The SMILES string of the molecule is C=C(F)C(=O)OCC(C)(F)F. The Kier molecular flexibility index (Phi) is 3.10. The minimum atomic E-state index is -3.13. The molecule has 0 spiro atoms. The van der Waals surface area contributed by atoms with Gasteiger partial charge < -0.3 is 4.74 Å². The van der Waals surface area contributed by atoms with Crippen LogP contribution in [0.3, 0.4) is 0 Å². The first-order chi connectivity index (χ1) is 4.83. The molecular weight excluding hydrogens is 161 g/mol. The number of alkyl halides is 2. The molecule has 11 heavy (non-hydrogen) atoms. The summed E-state index contributed by atoms with van der Waals surface area (Å²) >= 11 is 0. The van der Waals surface area contributed by atoms with Crippen molar-refractivity contribution in [3.8, 4) is 0 Å². The predicted octanol–water partition coefficient (Wildman–Crippen LogP) is 1.67. The zero-order chi connectivity index (χ0) is 9.07. The van der Waals surface area contributed by atoms with Gasteiger partial charge in [-0.3, -0.25) is 0 Å². The van der Waals surface area contributed by atoms with Gasteiger partial charge in [-0.2, -0.15) is 4.39 Å². The topological polar surface area (TPSA) is 26.3 Å². The molecule has 0 rings (SSSR count). The van der Waals surface area contributed by atoms with Gasteiger partial charge in [-0.15, -0.1) is 0 Å². The molecular formula is C6H7F3O2. The Morgan fingerprint density at radius 1 is 1.64 bits per heavy atom. The summed E-state index contributed by atoms with van der Waals surface area (Å²) in [7, 11) is 0. The standard InChI is InChI=1S/C6H7F3O2/c1-4(7)5(10)11-3-6(2,8)9/h1,3H2,2H3. The summed E-state index contributed by atoms with van der Waals surface area (Å²) in [5.74, 6) is -5.97. The van der Waals surface area contributed by atoms with Crippen molar-refractivity contribution < 1.29 is 22.7 Å². The second-order valence-electron chi connectivity index (χ2n) is 2.05. The third-order valence-corrected chi connectivity index (χ3v) is 0.678. The van der Waals surface area contributed by atoms with Gasteiger partial charge in [0, 0.05) is 6.92 Å². The lowest BCUT2D eigenvalue weighted by atomic mass is 10.4. The van der Waals surface area contributed by atoms with E-state index >= 15 is 0 Å². The summed E-state index contributed by atoms with van der Waals surface area (Å²) in [5, 5.41) is 0. The predicted molar refractivity (Wildman–Crippen MR) is 31.8 cm³/mol. The summed E-state index contributed by atoms with van der Waals surface area (Å²) in [5.41, 5.74) is 0. The second-order valence-corrected chi connectivity index (χ2v) is 2.05. The number of carbonyl (C=O) groups excluding carboxylic acids is 1. The molecule has 0 radical (unpaired) electrons. The average molecular weight is 168 g/mol. The van der Waals surface area contributed by atoms with E-state index in [9.17, 15) is 18.0 Å². The molecule has 64 valence electrons. The second kappa shape index (κ2) is 3.41. The number of rotatable bonds is 3. The van der Waals surface area contributed by atoms with Gasteiger partial charge in [0.05, 0.1) is 0 Å². The van der Waals surface area contributed by atoms with E-state index in [1.807, 2.05) is 0 Å². The smallest absolute Gasteiger partial charge is 0.366 e. The van der Waals surface area contributed by atoms with Crippen LogP contribution >= 0.6 is 0 Å². The van der Waals surface area contributed by atoms with Crippen LogP contribution in [-0.4, -0.2) is 18.5 Å². The van der Waals surface area contributed by atoms with Crippen molar-refractivity contribution in [1.82, 2.24) is 0 Å². The molecule has 0 aromatic heterocycles. The van der Waals surface area contributed by atoms with Gasteiger partial charge in [0.1, 0.15) is 0 Å². The van der Waals surface area contributed by atoms with Crippen molar-refractivity contribution in [3.63, 3.8) is 0 Å². The number of esters is 1. The number of hydrogen-bond donors (Lipinski definition) is 0. The Labute approximate surface area is 61.6 Å². The Bertz CT molecular complexity index is 171. The highest BCUT2D eigenvalue weighted by molar-refractivity contribution is 5.85. The lowest BCUT2D eigenvalue weighted by Gasteiger charge is -2.08. The molecule has 0 amide bonds. The Morgan fingerprint density at radius 3 is 2.36 bits per heavy atom. The van der Waals surface area contributed by atoms with E-state index in [-0.39, 0.29) is 0 Å². The quantitative estimate of drug-likeness (QED) is 0.473. The zero-order valence-electron chi connectivity index (χ0n) is 5.86. The molecule has 0 fully saturated rings. The van der Waals surface area contributed by atoms with Crippen molar-refractivity contribution in [2.45, 2.75) is 12.8 Å². The summed E-state index contributed by atoms with van der Waals surface area (Å²) in [4.78, 5) is 10.2. The molecule has 0 aliphatic rings. The van der Waals surface area contributed by atoms with E-state index in [1.54, 1.807) is 0 Å². The molecule has 0 saturated carbocycles. The Morgan fingerprint density at radius 2 is 2.09 bits per heavy atom. The maximum Gasteiger partial charge on any atom is 0.366 e. The summed E-state index contributed by atoms with van der Waals surface area (Å²) in [6, 6.07) is 0. The normalized spacial score (nSPS) is 10.9. The van der Waals surface area contributed by atoms with Gasteiger partial charge in [0.25, 0.3) is 5.92 Å². The molecule has 0 unspecified atom stereocenters. The van der Waals surface area contributed by atoms with Crippen molar-refractivity contribution in [2.75, 3.05) is 6.61 Å². The first-order valence-electron chi connectivity index (χ1n) is 2.72. The van der Waals surface area contributed by atoms with Crippen LogP contribution in [0.2, 0.25) is 0 Å². The van der Waals surface area contributed by atoms with Crippen molar-refractivity contribution >= 4 is 5.97 Å². The molecule has 0 atom stereocenters. The van der Waals surface area contributed by atoms with Crippen molar-refractivity contribution in [2.24, 2.45) is 0 Å². The molecule has 0 bridgehead atoms. The van der Waals surface area contributed by atoms with Crippen LogP contribution in [0.5, 0.6) is 0 Å². The van der Waals surface area contributed by atoms with Gasteiger partial charge in [0.2, 0.25) is 5.83 Å². The van der Waals surface area contributed by atoms with Crippen LogP contribution in [0, 0.1) is 0 Å². The minimum Gasteiger partial charge on any atom is -0.454 e. The maximum absolute atomic E-state index is 11.9. The van der Waals surface area contributed by atoms with E-state index < -0.39 is 24.3 Å². The van der Waals surface area contributed by atoms with Crippen LogP contribution in [0.4, 0.5) is 13.2 Å². The summed E-state index contributed by atoms with van der Waals surface area (Å²) in [6.07, 6.45) is 0. The van der Waals surface area contributed by atoms with Crippen LogP contribution in [-0.2, 0) is 9.53 Å². The highest BCUT2D eigenvalue weighted by Crippen LogP contribution is 2.12. The zero-order valence-corrected chi connectivity index (χ0v) is 5.86. The van der Waals surface area contributed by atoms with Gasteiger partial charge in [-0.25, -0.2) is 13.6 Å². The third-order valence-electron chi connectivity index (χ3n) is 0.678. The minimum absolute atomic E-state index is 0.557. The van der Waals surface area contributed by atoms with Gasteiger partial charge in [0.15, 0.2) is 6.61 Å². The summed E-state index contributed by atoms with van der Waals surface area (Å²) in [6.45, 7) is 2.00. The largest absolute Gasteiger partial charge is 0.454 e. The molecule has 0 aromatic rings. The highest BCUT2D eigenvalue weighted by Gasteiger charge is 2.24. The Hall–Kier alpha value is -1.00. The number of hydrogen-bond acceptors (Lipinski definition) is 2. The fourth-order valence-corrected chi connectivity index (χ4v) is 0.271. The Balaban J connectivity index is 3.73. The van der Waals surface area contributed by atoms with E-state index in [0.29, 0.717) is 6.92 Å². The van der Waals surface area contributed by atoms with Gasteiger partial charge in [-0.1, -0.05) is 6.58 Å². The fraction of sp³-hybridized carbons (Fsp3) is 0.500. The van der Waals surface area contributed by atoms with Gasteiger partial charge >= 0.3 is 5.97 Å². The van der Waals surface area contributed by atoms with Crippen LogP contribution in [0.25, 0.3) is 0 Å². The van der Waals surface area contributed by atoms with Crippen molar-refractivity contribution in [1.29, 1.82) is 0 Å². The van der Waals surface area contributed by atoms with E-state index in [4.69, 9.17) is 0 Å². The van der Waals surface area contributed by atoms with Crippen LogP contribution in [0.1, 0.15) is 6.92 Å². The van der Waals surface area contributed by atoms with E-state index in [2.05, 4.69) is 11.3 Å². The molecule has 5 heteroatoms. The molecule has 2 nitrogen and oxygen atoms in total. The fourth-order valence-electron chi connectivity index (χ4n) is 0.271. The van der Waals surface area contributed by atoms with Crippen LogP contribution in [0.15, 0.2) is 12.4 Å². The summed E-state index contributed by atoms with van der Waals surface area (Å²) < 4.78 is 39.4. The molecule has 0 aromatic carbocycles. The lowest BCUT2D eigenvalue weighted by Crippen LogP contribution is -2.21. The first-order valence-corrected chi connectivity index (χ1v) is 2.72. The first kappa shape index (κ1) is 10.0.